The number of allylic oxidation sites excluding steroid dienone is 1. The second kappa shape index (κ2) is 9.02. The van der Waals surface area contributed by atoms with E-state index in [2.05, 4.69) is 47.0 Å². The lowest BCUT2D eigenvalue weighted by atomic mass is 9.96. The number of hydrogen-bond acceptors (Lipinski definition) is 5. The standard InChI is InChI=1S/C25H28FN5O/c1-5-7-8-17-9-15(3)20(14-28-17)23-10-16-13-29-24(30-25(32)19-11-21(19)26)12-18(16)22(6-2)31(23)27-4/h6,9-10,12-14,19,21H,4-5,7-8,11H2,1-3H3,(H,29,30,32)/b22-6-. The summed E-state index contributed by atoms with van der Waals surface area (Å²) in [4.78, 5) is 21.2. The van der Waals surface area contributed by atoms with Crippen molar-refractivity contribution in [2.45, 2.75) is 52.6 Å². The van der Waals surface area contributed by atoms with E-state index < -0.39 is 12.1 Å². The van der Waals surface area contributed by atoms with Crippen molar-refractivity contribution in [2.24, 2.45) is 11.0 Å². The highest BCUT2D eigenvalue weighted by molar-refractivity contribution is 5.97. The van der Waals surface area contributed by atoms with Crippen LogP contribution in [0.5, 0.6) is 0 Å². The molecule has 2 unspecified atom stereocenters. The summed E-state index contributed by atoms with van der Waals surface area (Å²) in [5.74, 6) is -0.503. The van der Waals surface area contributed by atoms with Crippen LogP contribution < -0.4 is 5.32 Å². The molecular formula is C25H28FN5O. The van der Waals surface area contributed by atoms with Gasteiger partial charge in [0, 0.05) is 41.5 Å². The molecule has 0 spiro atoms. The Balaban J connectivity index is 1.70. The first-order valence-corrected chi connectivity index (χ1v) is 11.0. The lowest BCUT2D eigenvalue weighted by Crippen LogP contribution is -2.21. The van der Waals surface area contributed by atoms with Crippen molar-refractivity contribution in [3.05, 3.63) is 58.6 Å². The summed E-state index contributed by atoms with van der Waals surface area (Å²) >= 11 is 0. The summed E-state index contributed by atoms with van der Waals surface area (Å²) in [5.41, 5.74) is 6.64. The fourth-order valence-corrected chi connectivity index (χ4v) is 3.98. The number of nitrogens with one attached hydrogen (secondary N) is 1. The van der Waals surface area contributed by atoms with Crippen molar-refractivity contribution in [3.63, 3.8) is 0 Å². The van der Waals surface area contributed by atoms with Crippen LogP contribution in [0.1, 0.15) is 61.1 Å². The first-order chi connectivity index (χ1) is 15.5. The Kier molecular flexibility index (Phi) is 6.17. The summed E-state index contributed by atoms with van der Waals surface area (Å²) in [6.45, 7) is 9.95. The third-order valence-electron chi connectivity index (χ3n) is 5.90. The molecular weight excluding hydrogens is 405 g/mol. The Labute approximate surface area is 188 Å². The molecule has 0 radical (unpaired) electrons. The Bertz CT molecular complexity index is 1120. The summed E-state index contributed by atoms with van der Waals surface area (Å²) in [7, 11) is 0. The van der Waals surface area contributed by atoms with Crippen LogP contribution in [0.15, 0.2) is 35.7 Å². The molecule has 1 aliphatic carbocycles. The van der Waals surface area contributed by atoms with Crippen LogP contribution in [0.25, 0.3) is 17.5 Å². The Morgan fingerprint density at radius 3 is 2.75 bits per heavy atom. The third-order valence-corrected chi connectivity index (χ3v) is 5.90. The average molecular weight is 434 g/mol. The predicted octanol–water partition coefficient (Wildman–Crippen LogP) is 5.21. The first-order valence-electron chi connectivity index (χ1n) is 11.0. The Morgan fingerprint density at radius 1 is 1.34 bits per heavy atom. The number of halogens is 1. The molecule has 32 heavy (non-hydrogen) atoms. The fraction of sp³-hybridized carbons (Fsp3) is 0.360. The molecule has 0 aromatic carbocycles. The lowest BCUT2D eigenvalue weighted by molar-refractivity contribution is -0.117. The first kappa shape index (κ1) is 21.9. The molecule has 0 saturated heterocycles. The van der Waals surface area contributed by atoms with E-state index in [1.54, 1.807) is 17.3 Å². The number of fused-ring (bicyclic) bond motifs is 1. The van der Waals surface area contributed by atoms with Gasteiger partial charge in [0.1, 0.15) is 12.0 Å². The maximum absolute atomic E-state index is 13.2. The van der Waals surface area contributed by atoms with E-state index in [1.165, 1.54) is 0 Å². The number of anilines is 1. The van der Waals surface area contributed by atoms with E-state index in [0.717, 1.165) is 58.6 Å². The number of pyridine rings is 2. The van der Waals surface area contributed by atoms with Crippen LogP contribution in [0.4, 0.5) is 10.2 Å². The van der Waals surface area contributed by atoms with Crippen LogP contribution in [0.2, 0.25) is 0 Å². The SMILES string of the molecule is C=NN1C(c2cnc(CCCC)cc2C)=Cc2cnc(NC(=O)C3CC3F)cc2/C1=C/C. The van der Waals surface area contributed by atoms with Gasteiger partial charge < -0.3 is 5.32 Å². The highest BCUT2D eigenvalue weighted by Gasteiger charge is 2.43. The number of aryl methyl sites for hydroxylation is 2. The van der Waals surface area contributed by atoms with E-state index in [9.17, 15) is 9.18 Å². The van der Waals surface area contributed by atoms with E-state index in [4.69, 9.17) is 0 Å². The van der Waals surface area contributed by atoms with E-state index >= 15 is 0 Å². The molecule has 3 heterocycles. The molecule has 166 valence electrons. The number of aromatic nitrogens is 2. The van der Waals surface area contributed by atoms with Gasteiger partial charge in [-0.25, -0.2) is 14.4 Å². The van der Waals surface area contributed by atoms with E-state index in [1.807, 2.05) is 25.3 Å². The highest BCUT2D eigenvalue weighted by Crippen LogP contribution is 2.40. The summed E-state index contributed by atoms with van der Waals surface area (Å²) in [5, 5.41) is 8.77. The largest absolute Gasteiger partial charge is 0.310 e. The number of nitrogens with zero attached hydrogens (tertiary/aromatic N) is 4. The van der Waals surface area contributed by atoms with E-state index in [0.29, 0.717) is 5.82 Å². The molecule has 4 rings (SSSR count). The van der Waals surface area contributed by atoms with Gasteiger partial charge in [0.05, 0.1) is 17.3 Å². The number of amides is 1. The average Bonchev–Trinajstić information content (AvgIpc) is 3.53. The van der Waals surface area contributed by atoms with Gasteiger partial charge in [-0.1, -0.05) is 19.4 Å². The van der Waals surface area contributed by atoms with Crippen molar-refractivity contribution >= 4 is 35.9 Å². The molecule has 1 saturated carbocycles. The molecule has 6 nitrogen and oxygen atoms in total. The molecule has 2 aromatic rings. The van der Waals surface area contributed by atoms with Gasteiger partial charge >= 0.3 is 0 Å². The molecule has 1 amide bonds. The predicted molar refractivity (Wildman–Crippen MR) is 126 cm³/mol. The van der Waals surface area contributed by atoms with Crippen molar-refractivity contribution in [3.8, 4) is 0 Å². The van der Waals surface area contributed by atoms with Crippen molar-refractivity contribution in [1.82, 2.24) is 15.0 Å². The number of hydrogen-bond donors (Lipinski definition) is 1. The van der Waals surface area contributed by atoms with Crippen LogP contribution in [0, 0.1) is 12.8 Å². The Morgan fingerprint density at radius 2 is 2.12 bits per heavy atom. The number of carbonyl (C=O) groups is 1. The zero-order valence-electron chi connectivity index (χ0n) is 18.7. The number of hydrazone groups is 1. The van der Waals surface area contributed by atoms with Gasteiger partial charge in [0.25, 0.3) is 0 Å². The van der Waals surface area contributed by atoms with Gasteiger partial charge in [0.15, 0.2) is 0 Å². The number of carbonyl (C=O) groups excluding carboxylic acids is 1. The minimum Gasteiger partial charge on any atom is -0.310 e. The minimum atomic E-state index is -1.05. The second-order valence-electron chi connectivity index (χ2n) is 8.26. The van der Waals surface area contributed by atoms with Crippen LogP contribution in [-0.4, -0.2) is 33.8 Å². The van der Waals surface area contributed by atoms with Crippen LogP contribution in [-0.2, 0) is 11.2 Å². The monoisotopic (exact) mass is 433 g/mol. The van der Waals surface area contributed by atoms with Crippen molar-refractivity contribution in [1.29, 1.82) is 0 Å². The molecule has 2 aliphatic rings. The van der Waals surface area contributed by atoms with Gasteiger partial charge in [-0.15, -0.1) is 0 Å². The summed E-state index contributed by atoms with van der Waals surface area (Å²) in [6.07, 6.45) is 10.0. The number of alkyl halides is 1. The Hall–Kier alpha value is -3.35. The van der Waals surface area contributed by atoms with Gasteiger partial charge in [0.2, 0.25) is 5.91 Å². The second-order valence-corrected chi connectivity index (χ2v) is 8.26. The number of unbranched alkanes of at least 4 members (excludes halogenated alkanes) is 1. The van der Waals surface area contributed by atoms with Gasteiger partial charge in [-0.05, 0) is 56.9 Å². The zero-order chi connectivity index (χ0) is 22.8. The maximum atomic E-state index is 13.2. The third kappa shape index (κ3) is 4.20. The molecule has 7 heteroatoms. The van der Waals surface area contributed by atoms with Crippen molar-refractivity contribution < 1.29 is 9.18 Å². The quantitative estimate of drug-likeness (QED) is 0.608. The molecule has 0 bridgehead atoms. The summed E-state index contributed by atoms with van der Waals surface area (Å²) in [6, 6.07) is 3.92. The fourth-order valence-electron chi connectivity index (χ4n) is 3.98. The molecule has 2 aromatic heterocycles. The van der Waals surface area contributed by atoms with Crippen molar-refractivity contribution in [2.75, 3.05) is 5.32 Å². The summed E-state index contributed by atoms with van der Waals surface area (Å²) < 4.78 is 13.2. The van der Waals surface area contributed by atoms with Gasteiger partial charge in [-0.2, -0.15) is 5.10 Å². The zero-order valence-corrected chi connectivity index (χ0v) is 18.7. The molecule has 2 atom stereocenters. The molecule has 1 N–H and O–H groups in total. The molecule has 1 aliphatic heterocycles. The number of rotatable bonds is 7. The topological polar surface area (TPSA) is 70.5 Å². The smallest absolute Gasteiger partial charge is 0.231 e. The maximum Gasteiger partial charge on any atom is 0.231 e. The lowest BCUT2D eigenvalue weighted by Gasteiger charge is -2.30. The van der Waals surface area contributed by atoms with Gasteiger partial charge in [-0.3, -0.25) is 9.78 Å². The van der Waals surface area contributed by atoms with E-state index in [-0.39, 0.29) is 12.3 Å². The van der Waals surface area contributed by atoms with Crippen LogP contribution in [0.3, 0.4) is 0 Å². The molecule has 1 fully saturated rings. The normalized spacial score (nSPS) is 20.6. The van der Waals surface area contributed by atoms with Crippen LogP contribution >= 0.6 is 0 Å². The highest BCUT2D eigenvalue weighted by atomic mass is 19.1. The minimum absolute atomic E-state index is 0.280.